The summed E-state index contributed by atoms with van der Waals surface area (Å²) in [4.78, 5) is 2.32. The first-order chi connectivity index (χ1) is 10.3. The summed E-state index contributed by atoms with van der Waals surface area (Å²) in [5, 5.41) is 10.3. The number of ether oxygens (including phenoxy) is 2. The summed E-state index contributed by atoms with van der Waals surface area (Å²) in [6.07, 6.45) is 5.47. The third-order valence-electron chi connectivity index (χ3n) is 4.56. The van der Waals surface area contributed by atoms with E-state index in [-0.39, 0.29) is 5.72 Å². The van der Waals surface area contributed by atoms with E-state index in [2.05, 4.69) is 4.90 Å². The minimum Gasteiger partial charge on any atom is -0.491 e. The smallest absolute Gasteiger partial charge is 0.121 e. The zero-order valence-corrected chi connectivity index (χ0v) is 12.5. The maximum Gasteiger partial charge on any atom is 0.121 e. The van der Waals surface area contributed by atoms with Gasteiger partial charge in [-0.25, -0.2) is 0 Å². The van der Waals surface area contributed by atoms with Crippen LogP contribution in [0.2, 0.25) is 0 Å². The van der Waals surface area contributed by atoms with E-state index in [4.69, 9.17) is 9.47 Å². The van der Waals surface area contributed by atoms with Crippen LogP contribution in [0.3, 0.4) is 0 Å². The molecule has 1 N–H and O–H groups in total. The van der Waals surface area contributed by atoms with Crippen molar-refractivity contribution in [2.75, 3.05) is 26.3 Å². The van der Waals surface area contributed by atoms with Gasteiger partial charge < -0.3 is 14.6 Å². The normalized spacial score (nSPS) is 23.3. The number of aliphatic hydroxyl groups excluding tert-OH is 1. The fourth-order valence-corrected chi connectivity index (χ4v) is 3.48. The van der Waals surface area contributed by atoms with Gasteiger partial charge in [0.2, 0.25) is 0 Å². The molecule has 1 saturated heterocycles. The molecule has 3 rings (SSSR count). The summed E-state index contributed by atoms with van der Waals surface area (Å²) in [5.41, 5.74) is -0.105. The Morgan fingerprint density at radius 2 is 1.95 bits per heavy atom. The third kappa shape index (κ3) is 3.57. The van der Waals surface area contributed by atoms with Crippen LogP contribution in [0.25, 0.3) is 0 Å². The molecule has 116 valence electrons. The highest BCUT2D eigenvalue weighted by molar-refractivity contribution is 5.20. The number of nitrogens with zero attached hydrogens (tertiary/aromatic N) is 1. The van der Waals surface area contributed by atoms with Crippen LogP contribution in [0.1, 0.15) is 32.1 Å². The monoisotopic (exact) mass is 291 g/mol. The second-order valence-corrected chi connectivity index (χ2v) is 6.08. The van der Waals surface area contributed by atoms with Gasteiger partial charge in [-0.15, -0.1) is 0 Å². The fourth-order valence-electron chi connectivity index (χ4n) is 3.48. The zero-order chi connectivity index (χ0) is 14.5. The molecule has 1 atom stereocenters. The van der Waals surface area contributed by atoms with E-state index in [1.54, 1.807) is 0 Å². The van der Waals surface area contributed by atoms with E-state index in [9.17, 15) is 5.11 Å². The summed E-state index contributed by atoms with van der Waals surface area (Å²) < 4.78 is 11.7. The van der Waals surface area contributed by atoms with Crippen LogP contribution < -0.4 is 4.74 Å². The molecule has 0 amide bonds. The largest absolute Gasteiger partial charge is 0.491 e. The maximum atomic E-state index is 10.3. The molecule has 21 heavy (non-hydrogen) atoms. The Balaban J connectivity index is 1.51. The highest BCUT2D eigenvalue weighted by Gasteiger charge is 2.43. The highest BCUT2D eigenvalue weighted by Crippen LogP contribution is 2.37. The SMILES string of the molecule is O[C@H](COc1ccccc1)CN1CCOC12CCCCC2. The lowest BCUT2D eigenvalue weighted by atomic mass is 9.90. The molecule has 2 aliphatic rings. The van der Waals surface area contributed by atoms with E-state index in [0.717, 1.165) is 31.7 Å². The molecule has 1 heterocycles. The van der Waals surface area contributed by atoms with Gasteiger partial charge in [0, 0.05) is 13.1 Å². The number of hydrogen-bond donors (Lipinski definition) is 1. The van der Waals surface area contributed by atoms with Crippen molar-refractivity contribution in [1.29, 1.82) is 0 Å². The Hall–Kier alpha value is -1.10. The van der Waals surface area contributed by atoms with Crippen LogP contribution in [-0.2, 0) is 4.74 Å². The Morgan fingerprint density at radius 3 is 2.71 bits per heavy atom. The lowest BCUT2D eigenvalue weighted by Gasteiger charge is -2.40. The van der Waals surface area contributed by atoms with Crippen molar-refractivity contribution in [2.24, 2.45) is 0 Å². The first kappa shape index (κ1) is 14.8. The molecule has 1 spiro atoms. The average molecular weight is 291 g/mol. The van der Waals surface area contributed by atoms with Crippen molar-refractivity contribution < 1.29 is 14.6 Å². The van der Waals surface area contributed by atoms with Crippen LogP contribution >= 0.6 is 0 Å². The van der Waals surface area contributed by atoms with Gasteiger partial charge in [-0.3, -0.25) is 4.90 Å². The highest BCUT2D eigenvalue weighted by atomic mass is 16.5. The molecule has 0 bridgehead atoms. The second-order valence-electron chi connectivity index (χ2n) is 6.08. The summed E-state index contributed by atoms with van der Waals surface area (Å²) in [7, 11) is 0. The van der Waals surface area contributed by atoms with Crippen LogP contribution in [0.4, 0.5) is 0 Å². The van der Waals surface area contributed by atoms with Crippen molar-refractivity contribution in [3.05, 3.63) is 30.3 Å². The quantitative estimate of drug-likeness (QED) is 0.904. The topological polar surface area (TPSA) is 41.9 Å². The average Bonchev–Trinajstić information content (AvgIpc) is 2.89. The summed E-state index contributed by atoms with van der Waals surface area (Å²) in [5.74, 6) is 0.807. The van der Waals surface area contributed by atoms with Gasteiger partial charge in [0.25, 0.3) is 0 Å². The van der Waals surface area contributed by atoms with E-state index in [1.807, 2.05) is 30.3 Å². The van der Waals surface area contributed by atoms with E-state index < -0.39 is 6.10 Å². The minimum absolute atomic E-state index is 0.105. The number of hydrogen-bond acceptors (Lipinski definition) is 4. The molecule has 0 unspecified atom stereocenters. The van der Waals surface area contributed by atoms with Crippen LogP contribution in [-0.4, -0.2) is 48.1 Å². The Bertz CT molecular complexity index is 431. The molecule has 0 aromatic heterocycles. The molecule has 1 saturated carbocycles. The number of rotatable bonds is 5. The molecule has 2 fully saturated rings. The third-order valence-corrected chi connectivity index (χ3v) is 4.56. The number of aliphatic hydroxyl groups is 1. The fraction of sp³-hybridized carbons (Fsp3) is 0.647. The van der Waals surface area contributed by atoms with Crippen LogP contribution in [0.5, 0.6) is 5.75 Å². The summed E-state index contributed by atoms with van der Waals surface area (Å²) in [6, 6.07) is 9.65. The molecule has 4 heteroatoms. The lowest BCUT2D eigenvalue weighted by molar-refractivity contribution is -0.117. The van der Waals surface area contributed by atoms with Gasteiger partial charge in [-0.05, 0) is 37.8 Å². The van der Waals surface area contributed by atoms with Gasteiger partial charge in [-0.2, -0.15) is 0 Å². The predicted octanol–water partition coefficient (Wildman–Crippen LogP) is 2.42. The molecule has 1 aliphatic heterocycles. The Morgan fingerprint density at radius 1 is 1.19 bits per heavy atom. The predicted molar refractivity (Wildman–Crippen MR) is 81.3 cm³/mol. The zero-order valence-electron chi connectivity index (χ0n) is 12.5. The lowest BCUT2D eigenvalue weighted by Crippen LogP contribution is -2.50. The number of β-amino-alcohol motifs (C(OH)–C–C–N with tert-alkyl or cyclic N) is 1. The van der Waals surface area contributed by atoms with Gasteiger partial charge >= 0.3 is 0 Å². The van der Waals surface area contributed by atoms with Gasteiger partial charge in [0.05, 0.1) is 6.61 Å². The Kier molecular flexibility index (Phi) is 4.78. The molecule has 1 aliphatic carbocycles. The van der Waals surface area contributed by atoms with Gasteiger partial charge in [0.15, 0.2) is 0 Å². The summed E-state index contributed by atoms with van der Waals surface area (Å²) in [6.45, 7) is 2.66. The molecule has 0 radical (unpaired) electrons. The van der Waals surface area contributed by atoms with Crippen molar-refractivity contribution in [1.82, 2.24) is 4.90 Å². The standard InChI is InChI=1S/C17H25NO3/c19-15(14-20-16-7-3-1-4-8-16)13-18-11-12-21-17(18)9-5-2-6-10-17/h1,3-4,7-8,15,19H,2,5-6,9-14H2/t15-/m0/s1. The van der Waals surface area contributed by atoms with Gasteiger partial charge in [0.1, 0.15) is 24.2 Å². The molecule has 4 nitrogen and oxygen atoms in total. The van der Waals surface area contributed by atoms with Crippen molar-refractivity contribution in [2.45, 2.75) is 43.9 Å². The first-order valence-corrected chi connectivity index (χ1v) is 8.03. The van der Waals surface area contributed by atoms with E-state index in [1.165, 1.54) is 19.3 Å². The maximum absolute atomic E-state index is 10.3. The van der Waals surface area contributed by atoms with Crippen LogP contribution in [0, 0.1) is 0 Å². The van der Waals surface area contributed by atoms with Gasteiger partial charge in [-0.1, -0.05) is 24.6 Å². The molecule has 1 aromatic rings. The molecular formula is C17H25NO3. The Labute approximate surface area is 126 Å². The first-order valence-electron chi connectivity index (χ1n) is 8.03. The number of benzene rings is 1. The minimum atomic E-state index is -0.481. The van der Waals surface area contributed by atoms with Crippen molar-refractivity contribution in [3.8, 4) is 5.75 Å². The number of para-hydroxylation sites is 1. The van der Waals surface area contributed by atoms with Crippen LogP contribution in [0.15, 0.2) is 30.3 Å². The summed E-state index contributed by atoms with van der Waals surface area (Å²) >= 11 is 0. The second kappa shape index (κ2) is 6.77. The van der Waals surface area contributed by atoms with Crippen molar-refractivity contribution >= 4 is 0 Å². The molecular weight excluding hydrogens is 266 g/mol. The van der Waals surface area contributed by atoms with E-state index in [0.29, 0.717) is 13.2 Å². The molecule has 1 aromatic carbocycles. The van der Waals surface area contributed by atoms with E-state index >= 15 is 0 Å². The van der Waals surface area contributed by atoms with Crippen molar-refractivity contribution in [3.63, 3.8) is 0 Å².